The minimum absolute atomic E-state index is 0.239. The van der Waals surface area contributed by atoms with Crippen LogP contribution in [-0.4, -0.2) is 30.6 Å². The van der Waals surface area contributed by atoms with E-state index in [1.807, 2.05) is 54.9 Å². The number of rotatable bonds is 6. The summed E-state index contributed by atoms with van der Waals surface area (Å²) in [5.74, 6) is 0.196. The van der Waals surface area contributed by atoms with Crippen LogP contribution >= 0.6 is 11.3 Å². The van der Waals surface area contributed by atoms with Gasteiger partial charge in [0, 0.05) is 36.5 Å². The van der Waals surface area contributed by atoms with Gasteiger partial charge in [-0.2, -0.15) is 0 Å². The molecule has 4 aromatic rings. The Morgan fingerprint density at radius 1 is 1.00 bits per heavy atom. The normalized spacial score (nSPS) is 15.4. The smallest absolute Gasteiger partial charge is 0.348 e. The van der Waals surface area contributed by atoms with Gasteiger partial charge in [-0.05, 0) is 76.2 Å². The molecule has 6 heteroatoms. The third-order valence-corrected chi connectivity index (χ3v) is 7.62. The number of carbonyl (C=O) groups is 1. The van der Waals surface area contributed by atoms with Crippen molar-refractivity contribution in [2.45, 2.75) is 6.92 Å². The second-order valence-electron chi connectivity index (χ2n) is 9.41. The highest BCUT2D eigenvalue weighted by Crippen LogP contribution is 2.32. The van der Waals surface area contributed by atoms with E-state index in [1.54, 1.807) is 0 Å². The third-order valence-electron chi connectivity index (χ3n) is 6.71. The van der Waals surface area contributed by atoms with Crippen molar-refractivity contribution in [2.75, 3.05) is 19.7 Å². The molecule has 2 N–H and O–H groups in total. The molecule has 1 fully saturated rings. The van der Waals surface area contributed by atoms with Crippen molar-refractivity contribution >= 4 is 39.3 Å². The molecule has 6 rings (SSSR count). The van der Waals surface area contributed by atoms with Crippen LogP contribution in [0, 0.1) is 12.8 Å². The lowest BCUT2D eigenvalue weighted by molar-refractivity contribution is 0.0403. The fourth-order valence-electron chi connectivity index (χ4n) is 4.55. The largest absolute Gasteiger partial charge is 0.461 e. The zero-order valence-corrected chi connectivity index (χ0v) is 21.3. The molecule has 0 atom stereocenters. The van der Waals surface area contributed by atoms with Gasteiger partial charge in [0.25, 0.3) is 0 Å². The summed E-state index contributed by atoms with van der Waals surface area (Å²) in [4.78, 5) is 17.9. The molecule has 2 aromatic carbocycles. The number of carbonyl (C=O) groups excluding carboxylic acids is 1. The van der Waals surface area contributed by atoms with Gasteiger partial charge in [0.05, 0.1) is 18.0 Å². The monoisotopic (exact) mass is 505 g/mol. The minimum Gasteiger partial charge on any atom is -0.461 e. The summed E-state index contributed by atoms with van der Waals surface area (Å²) in [7, 11) is 0. The van der Waals surface area contributed by atoms with Gasteiger partial charge >= 0.3 is 5.97 Å². The lowest BCUT2D eigenvalue weighted by Gasteiger charge is -2.26. The number of nitrogens with zero attached hydrogens (tertiary/aromatic N) is 1. The molecule has 0 bridgehead atoms. The van der Waals surface area contributed by atoms with Crippen LogP contribution in [0.2, 0.25) is 0 Å². The molecule has 5 nitrogen and oxygen atoms in total. The predicted octanol–water partition coefficient (Wildman–Crippen LogP) is 6.19. The number of ether oxygens (including phenoxy) is 1. The van der Waals surface area contributed by atoms with Gasteiger partial charge in [-0.25, -0.2) is 4.79 Å². The first-order valence-corrected chi connectivity index (χ1v) is 13.3. The fourth-order valence-corrected chi connectivity index (χ4v) is 5.36. The summed E-state index contributed by atoms with van der Waals surface area (Å²) >= 11 is 1.43. The Hall–Kier alpha value is -4.00. The number of benzene rings is 2. The van der Waals surface area contributed by atoms with Crippen LogP contribution in [0.25, 0.3) is 33.2 Å². The molecule has 2 aliphatic rings. The zero-order valence-electron chi connectivity index (χ0n) is 20.5. The molecule has 0 spiro atoms. The highest BCUT2D eigenvalue weighted by Gasteiger charge is 2.20. The van der Waals surface area contributed by atoms with E-state index in [0.29, 0.717) is 17.4 Å². The minimum atomic E-state index is -0.239. The number of allylic oxidation sites excluding steroid dienone is 4. The number of pyridine rings is 1. The zero-order chi connectivity index (χ0) is 25.2. The van der Waals surface area contributed by atoms with Crippen molar-refractivity contribution in [2.24, 2.45) is 5.92 Å². The van der Waals surface area contributed by atoms with E-state index in [-0.39, 0.29) is 5.97 Å². The van der Waals surface area contributed by atoms with Crippen LogP contribution in [0.4, 0.5) is 0 Å². The Balaban J connectivity index is 1.32. The standard InChI is InChI=1S/C31H27N3O2S/c1-20-5-4-7-28(34-20)30-27(6-2-3-12-33-30)24-11-9-22-8-10-23(13-25(22)14-24)26-15-29(37-19-26)31(35)36-18-21-16-32-17-21/h2-15,19,21,32-33H,16-18H2,1H3. The Morgan fingerprint density at radius 2 is 1.84 bits per heavy atom. The maximum atomic E-state index is 12.5. The van der Waals surface area contributed by atoms with E-state index >= 15 is 0 Å². The van der Waals surface area contributed by atoms with E-state index in [0.717, 1.165) is 63.2 Å². The molecule has 1 saturated heterocycles. The molecule has 2 aromatic heterocycles. The van der Waals surface area contributed by atoms with Gasteiger partial charge in [-0.1, -0.05) is 42.5 Å². The topological polar surface area (TPSA) is 63.2 Å². The average molecular weight is 506 g/mol. The van der Waals surface area contributed by atoms with E-state index in [9.17, 15) is 4.79 Å². The van der Waals surface area contributed by atoms with Gasteiger partial charge in [0.15, 0.2) is 0 Å². The van der Waals surface area contributed by atoms with E-state index < -0.39 is 0 Å². The van der Waals surface area contributed by atoms with Crippen LogP contribution in [-0.2, 0) is 4.74 Å². The van der Waals surface area contributed by atoms with Crippen molar-refractivity contribution in [3.8, 4) is 11.1 Å². The van der Waals surface area contributed by atoms with Crippen molar-refractivity contribution < 1.29 is 9.53 Å². The molecular weight excluding hydrogens is 478 g/mol. The average Bonchev–Trinajstić information content (AvgIpc) is 3.25. The molecule has 0 unspecified atom stereocenters. The van der Waals surface area contributed by atoms with E-state index in [4.69, 9.17) is 9.72 Å². The first-order valence-electron chi connectivity index (χ1n) is 12.4. The summed E-state index contributed by atoms with van der Waals surface area (Å²) in [5.41, 5.74) is 7.15. The quantitative estimate of drug-likeness (QED) is 0.306. The van der Waals surface area contributed by atoms with Gasteiger partial charge in [-0.15, -0.1) is 11.3 Å². The Bertz CT molecular complexity index is 1580. The Morgan fingerprint density at radius 3 is 2.65 bits per heavy atom. The van der Waals surface area contributed by atoms with E-state index in [2.05, 4.69) is 53.1 Å². The maximum Gasteiger partial charge on any atom is 0.348 e. The van der Waals surface area contributed by atoms with Crippen LogP contribution in [0.5, 0.6) is 0 Å². The molecule has 0 radical (unpaired) electrons. The van der Waals surface area contributed by atoms with Crippen molar-refractivity contribution in [1.29, 1.82) is 0 Å². The van der Waals surface area contributed by atoms with Gasteiger partial charge in [0.1, 0.15) is 4.88 Å². The lowest BCUT2D eigenvalue weighted by Crippen LogP contribution is -2.44. The van der Waals surface area contributed by atoms with Crippen molar-refractivity contribution in [3.05, 3.63) is 112 Å². The first kappa shape index (κ1) is 23.4. The number of hydrogen-bond acceptors (Lipinski definition) is 6. The number of aryl methyl sites for hydroxylation is 1. The molecule has 0 aliphatic carbocycles. The number of thiophene rings is 1. The van der Waals surface area contributed by atoms with Crippen LogP contribution in [0.3, 0.4) is 0 Å². The Kier molecular flexibility index (Phi) is 6.43. The first-order chi connectivity index (χ1) is 18.1. The van der Waals surface area contributed by atoms with Crippen LogP contribution in [0.1, 0.15) is 26.6 Å². The predicted molar refractivity (Wildman–Crippen MR) is 151 cm³/mol. The summed E-state index contributed by atoms with van der Waals surface area (Å²) in [6, 6.07) is 21.0. The molecule has 0 amide bonds. The van der Waals surface area contributed by atoms with Gasteiger partial charge in [-0.3, -0.25) is 4.98 Å². The second kappa shape index (κ2) is 10.2. The number of aromatic nitrogens is 1. The summed E-state index contributed by atoms with van der Waals surface area (Å²) < 4.78 is 5.50. The molecule has 4 heterocycles. The molecular formula is C31H27N3O2S. The third kappa shape index (κ3) is 4.99. The fraction of sp³-hybridized carbons (Fsp3) is 0.161. The number of esters is 1. The number of nitrogens with one attached hydrogen (secondary N) is 2. The Labute approximate surface area is 220 Å². The summed E-state index contributed by atoms with van der Waals surface area (Å²) in [6.07, 6.45) is 8.09. The highest BCUT2D eigenvalue weighted by molar-refractivity contribution is 7.12. The molecule has 37 heavy (non-hydrogen) atoms. The molecule has 0 saturated carbocycles. The van der Waals surface area contributed by atoms with Crippen LogP contribution in [0.15, 0.2) is 90.5 Å². The van der Waals surface area contributed by atoms with Crippen molar-refractivity contribution in [3.63, 3.8) is 0 Å². The lowest BCUT2D eigenvalue weighted by atomic mass is 9.96. The highest BCUT2D eigenvalue weighted by atomic mass is 32.1. The van der Waals surface area contributed by atoms with Crippen molar-refractivity contribution in [1.82, 2.24) is 15.6 Å². The summed E-state index contributed by atoms with van der Waals surface area (Å²) in [5, 5.41) is 11.0. The van der Waals surface area contributed by atoms with E-state index in [1.165, 1.54) is 11.3 Å². The second-order valence-corrected chi connectivity index (χ2v) is 10.3. The number of hydrogen-bond donors (Lipinski definition) is 2. The number of fused-ring (bicyclic) bond motifs is 1. The van der Waals surface area contributed by atoms with Gasteiger partial charge in [0.2, 0.25) is 0 Å². The molecule has 2 aliphatic heterocycles. The summed E-state index contributed by atoms with van der Waals surface area (Å²) in [6.45, 7) is 4.33. The maximum absolute atomic E-state index is 12.5. The van der Waals surface area contributed by atoms with Gasteiger partial charge < -0.3 is 15.4 Å². The molecule has 184 valence electrons. The SMILES string of the molecule is Cc1cccc(C2=C(c3ccc4ccc(-c5csc(C(=O)OCC6CNC6)c5)cc4c3)C=CC=CN2)n1. The van der Waals surface area contributed by atoms with Crippen LogP contribution < -0.4 is 10.6 Å².